The summed E-state index contributed by atoms with van der Waals surface area (Å²) in [4.78, 5) is 26.6. The van der Waals surface area contributed by atoms with E-state index in [4.69, 9.17) is 0 Å². The summed E-state index contributed by atoms with van der Waals surface area (Å²) in [7, 11) is 0. The lowest BCUT2D eigenvalue weighted by atomic mass is 9.92. The molecule has 0 unspecified atom stereocenters. The van der Waals surface area contributed by atoms with Crippen LogP contribution in [0.25, 0.3) is 0 Å². The number of nitrogens with one attached hydrogen (secondary N) is 2. The molecule has 0 spiro atoms. The minimum Gasteiger partial charge on any atom is -0.356 e. The van der Waals surface area contributed by atoms with Gasteiger partial charge in [-0.25, -0.2) is 0 Å². The van der Waals surface area contributed by atoms with Crippen molar-refractivity contribution in [2.45, 2.75) is 94.4 Å². The van der Waals surface area contributed by atoms with E-state index in [0.29, 0.717) is 25.9 Å². The molecule has 29 heavy (non-hydrogen) atoms. The van der Waals surface area contributed by atoms with E-state index in [1.807, 2.05) is 0 Å². The number of carbonyl (C=O) groups is 2. The largest absolute Gasteiger partial charge is 0.356 e. The molecule has 0 aliphatic heterocycles. The standard InChI is InChI=1S/C24H49N3O2/c1-22(2,3)12-15-25-20(28)10-17-27(19-14-24(7,8)9)18-11-21(29)26-16-13-23(4,5)6/h10-19H2,1-9H3,(H,25,28)(H,26,29). The molecule has 172 valence electrons. The summed E-state index contributed by atoms with van der Waals surface area (Å²) in [5.74, 6) is 0.203. The van der Waals surface area contributed by atoms with Crippen LogP contribution in [0.2, 0.25) is 0 Å². The number of amides is 2. The molecule has 5 heteroatoms. The van der Waals surface area contributed by atoms with E-state index in [1.165, 1.54) is 0 Å². The van der Waals surface area contributed by atoms with Gasteiger partial charge in [0, 0.05) is 39.0 Å². The average molecular weight is 412 g/mol. The van der Waals surface area contributed by atoms with Gasteiger partial charge in [0.2, 0.25) is 11.8 Å². The normalized spacial score (nSPS) is 12.9. The molecule has 0 heterocycles. The van der Waals surface area contributed by atoms with Gasteiger partial charge in [-0.15, -0.1) is 0 Å². The predicted octanol–water partition coefficient (Wildman–Crippen LogP) is 4.61. The highest BCUT2D eigenvalue weighted by atomic mass is 16.2. The monoisotopic (exact) mass is 411 g/mol. The van der Waals surface area contributed by atoms with Crippen LogP contribution >= 0.6 is 0 Å². The number of rotatable bonds is 12. The van der Waals surface area contributed by atoms with Gasteiger partial charge in [0.1, 0.15) is 0 Å². The van der Waals surface area contributed by atoms with Gasteiger partial charge in [0.15, 0.2) is 0 Å². The quantitative estimate of drug-likeness (QED) is 0.493. The summed E-state index contributed by atoms with van der Waals surface area (Å²) in [5.41, 5.74) is 0.695. The smallest absolute Gasteiger partial charge is 0.221 e. The second-order valence-corrected chi connectivity index (χ2v) is 12.0. The first kappa shape index (κ1) is 27.9. The molecule has 2 amide bonds. The van der Waals surface area contributed by atoms with Crippen LogP contribution in [-0.2, 0) is 9.59 Å². The van der Waals surface area contributed by atoms with Crippen LogP contribution in [0.5, 0.6) is 0 Å². The molecule has 0 aromatic rings. The number of nitrogens with zero attached hydrogens (tertiary/aromatic N) is 1. The zero-order valence-electron chi connectivity index (χ0n) is 20.8. The van der Waals surface area contributed by atoms with Crippen molar-refractivity contribution in [3.63, 3.8) is 0 Å². The van der Waals surface area contributed by atoms with Crippen LogP contribution < -0.4 is 10.6 Å². The molecule has 0 saturated heterocycles. The molecular weight excluding hydrogens is 362 g/mol. The third-order valence-corrected chi connectivity index (χ3v) is 4.88. The molecular formula is C24H49N3O2. The van der Waals surface area contributed by atoms with Gasteiger partial charge in [0.05, 0.1) is 0 Å². The van der Waals surface area contributed by atoms with E-state index in [0.717, 1.165) is 38.9 Å². The van der Waals surface area contributed by atoms with Gasteiger partial charge in [-0.3, -0.25) is 9.59 Å². The SMILES string of the molecule is CC(C)(C)CCNC(=O)CCN(CCC(=O)NCCC(C)(C)C)CCC(C)(C)C. The van der Waals surface area contributed by atoms with E-state index in [-0.39, 0.29) is 28.1 Å². The first-order chi connectivity index (χ1) is 13.1. The van der Waals surface area contributed by atoms with Crippen molar-refractivity contribution >= 4 is 11.8 Å². The highest BCUT2D eigenvalue weighted by Crippen LogP contribution is 2.19. The molecule has 0 fully saturated rings. The first-order valence-electron chi connectivity index (χ1n) is 11.3. The van der Waals surface area contributed by atoms with Crippen LogP contribution in [-0.4, -0.2) is 49.4 Å². The molecule has 0 rings (SSSR count). The van der Waals surface area contributed by atoms with Gasteiger partial charge in [-0.05, 0) is 42.1 Å². The van der Waals surface area contributed by atoms with Crippen molar-refractivity contribution in [1.82, 2.24) is 15.5 Å². The van der Waals surface area contributed by atoms with Gasteiger partial charge in [-0.2, -0.15) is 0 Å². The molecule has 5 nitrogen and oxygen atoms in total. The van der Waals surface area contributed by atoms with Crippen LogP contribution in [0.1, 0.15) is 94.4 Å². The van der Waals surface area contributed by atoms with Crippen LogP contribution in [0, 0.1) is 16.2 Å². The molecule has 2 N–H and O–H groups in total. The Labute approximate surface area is 180 Å². The summed E-state index contributed by atoms with van der Waals surface area (Å²) in [6.45, 7) is 23.5. The average Bonchev–Trinajstić information content (AvgIpc) is 2.50. The molecule has 0 saturated carbocycles. The van der Waals surface area contributed by atoms with Crippen molar-refractivity contribution < 1.29 is 9.59 Å². The van der Waals surface area contributed by atoms with E-state index in [2.05, 4.69) is 77.8 Å². The lowest BCUT2D eigenvalue weighted by Gasteiger charge is -2.27. The summed E-state index contributed by atoms with van der Waals surface area (Å²) in [5, 5.41) is 6.06. The van der Waals surface area contributed by atoms with Crippen LogP contribution in [0.3, 0.4) is 0 Å². The Morgan fingerprint density at radius 3 is 1.24 bits per heavy atom. The Morgan fingerprint density at radius 2 is 0.931 bits per heavy atom. The van der Waals surface area contributed by atoms with E-state index in [9.17, 15) is 9.59 Å². The Balaban J connectivity index is 4.40. The fourth-order valence-corrected chi connectivity index (χ4v) is 2.68. The maximum atomic E-state index is 12.2. The zero-order chi connectivity index (χ0) is 22.7. The summed E-state index contributed by atoms with van der Waals surface area (Å²) < 4.78 is 0. The highest BCUT2D eigenvalue weighted by molar-refractivity contribution is 5.76. The Bertz CT molecular complexity index is 446. The molecule has 0 aromatic heterocycles. The molecule has 0 atom stereocenters. The number of hydrogen-bond donors (Lipinski definition) is 2. The molecule has 0 aliphatic carbocycles. The maximum Gasteiger partial charge on any atom is 0.221 e. The fraction of sp³-hybridized carbons (Fsp3) is 0.917. The highest BCUT2D eigenvalue weighted by Gasteiger charge is 2.17. The molecule has 0 aliphatic rings. The predicted molar refractivity (Wildman–Crippen MR) is 124 cm³/mol. The lowest BCUT2D eigenvalue weighted by molar-refractivity contribution is -0.121. The molecule has 0 radical (unpaired) electrons. The van der Waals surface area contributed by atoms with Crippen molar-refractivity contribution in [3.8, 4) is 0 Å². The van der Waals surface area contributed by atoms with E-state index < -0.39 is 0 Å². The van der Waals surface area contributed by atoms with Crippen molar-refractivity contribution in [1.29, 1.82) is 0 Å². The van der Waals surface area contributed by atoms with Crippen LogP contribution in [0.15, 0.2) is 0 Å². The third-order valence-electron chi connectivity index (χ3n) is 4.88. The minimum atomic E-state index is 0.102. The van der Waals surface area contributed by atoms with Crippen LogP contribution in [0.4, 0.5) is 0 Å². The van der Waals surface area contributed by atoms with Gasteiger partial charge in [-0.1, -0.05) is 62.3 Å². The summed E-state index contributed by atoms with van der Waals surface area (Å²) in [6.07, 6.45) is 3.96. The summed E-state index contributed by atoms with van der Waals surface area (Å²) >= 11 is 0. The number of carbonyl (C=O) groups excluding carboxylic acids is 2. The molecule has 0 aromatic carbocycles. The second-order valence-electron chi connectivity index (χ2n) is 12.0. The lowest BCUT2D eigenvalue weighted by Crippen LogP contribution is -2.36. The first-order valence-corrected chi connectivity index (χ1v) is 11.3. The van der Waals surface area contributed by atoms with Crippen molar-refractivity contribution in [3.05, 3.63) is 0 Å². The fourth-order valence-electron chi connectivity index (χ4n) is 2.68. The zero-order valence-corrected chi connectivity index (χ0v) is 20.8. The summed E-state index contributed by atoms with van der Waals surface area (Å²) in [6, 6.07) is 0. The van der Waals surface area contributed by atoms with Crippen molar-refractivity contribution in [2.75, 3.05) is 32.7 Å². The number of hydrogen-bond acceptors (Lipinski definition) is 3. The van der Waals surface area contributed by atoms with Gasteiger partial charge in [0.25, 0.3) is 0 Å². The van der Waals surface area contributed by atoms with Crippen molar-refractivity contribution in [2.24, 2.45) is 16.2 Å². The third kappa shape index (κ3) is 20.0. The van der Waals surface area contributed by atoms with Gasteiger partial charge >= 0.3 is 0 Å². The Morgan fingerprint density at radius 1 is 0.586 bits per heavy atom. The van der Waals surface area contributed by atoms with E-state index in [1.54, 1.807) is 0 Å². The minimum absolute atomic E-state index is 0.102. The van der Waals surface area contributed by atoms with Gasteiger partial charge < -0.3 is 15.5 Å². The molecule has 0 bridgehead atoms. The topological polar surface area (TPSA) is 61.4 Å². The Hall–Kier alpha value is -1.10. The van der Waals surface area contributed by atoms with E-state index >= 15 is 0 Å². The Kier molecular flexibility index (Phi) is 12.1. The maximum absolute atomic E-state index is 12.2. The second kappa shape index (κ2) is 12.6.